The highest BCUT2D eigenvalue weighted by Gasteiger charge is 2.10. The van der Waals surface area contributed by atoms with Crippen LogP contribution in [0.2, 0.25) is 5.02 Å². The highest BCUT2D eigenvalue weighted by Crippen LogP contribution is 2.28. The molecule has 0 aromatic heterocycles. The molecule has 33 heavy (non-hydrogen) atoms. The van der Waals surface area contributed by atoms with Crippen LogP contribution in [-0.4, -0.2) is 19.5 Å². The van der Waals surface area contributed by atoms with Gasteiger partial charge >= 0.3 is 6.61 Å². The number of hydrogen-bond donors (Lipinski definition) is 0. The van der Waals surface area contributed by atoms with Gasteiger partial charge in [-0.3, -0.25) is 4.79 Å². The van der Waals surface area contributed by atoms with E-state index in [1.807, 2.05) is 32.0 Å². The SMILES string of the molecule is COc1ccc(/C=C/C(=O)c2cccc(OC(F)F)c2)cc1COc1cc(C)c(Cl)c(C)c1. The van der Waals surface area contributed by atoms with Crippen LogP contribution in [0, 0.1) is 13.8 Å². The number of carbonyl (C=O) groups is 1. The van der Waals surface area contributed by atoms with Crippen LogP contribution in [0.25, 0.3) is 6.08 Å². The van der Waals surface area contributed by atoms with Gasteiger partial charge in [0.05, 0.1) is 7.11 Å². The Kier molecular flexibility index (Phi) is 8.06. The van der Waals surface area contributed by atoms with Crippen LogP contribution < -0.4 is 14.2 Å². The van der Waals surface area contributed by atoms with Crippen molar-refractivity contribution in [3.63, 3.8) is 0 Å². The molecule has 0 atom stereocenters. The molecule has 0 aliphatic carbocycles. The summed E-state index contributed by atoms with van der Waals surface area (Å²) in [4.78, 5) is 12.5. The molecular weight excluding hydrogens is 450 g/mol. The summed E-state index contributed by atoms with van der Waals surface area (Å²) in [6.45, 7) is 1.14. The van der Waals surface area contributed by atoms with Gasteiger partial charge in [-0.15, -0.1) is 0 Å². The average molecular weight is 473 g/mol. The van der Waals surface area contributed by atoms with E-state index in [1.165, 1.54) is 30.3 Å². The third-order valence-electron chi connectivity index (χ3n) is 4.88. The molecule has 0 aliphatic heterocycles. The molecule has 4 nitrogen and oxygen atoms in total. The zero-order valence-electron chi connectivity index (χ0n) is 18.4. The van der Waals surface area contributed by atoms with E-state index < -0.39 is 6.61 Å². The van der Waals surface area contributed by atoms with E-state index in [0.29, 0.717) is 16.5 Å². The first-order valence-corrected chi connectivity index (χ1v) is 10.5. The summed E-state index contributed by atoms with van der Waals surface area (Å²) in [5, 5.41) is 0.711. The second-order valence-electron chi connectivity index (χ2n) is 7.33. The van der Waals surface area contributed by atoms with Crippen molar-refractivity contribution in [3.05, 3.63) is 93.5 Å². The second-order valence-corrected chi connectivity index (χ2v) is 7.71. The summed E-state index contributed by atoms with van der Waals surface area (Å²) < 4.78 is 40.5. The lowest BCUT2D eigenvalue weighted by molar-refractivity contribution is -0.0498. The lowest BCUT2D eigenvalue weighted by Gasteiger charge is -2.13. The van der Waals surface area contributed by atoms with Crippen LogP contribution in [0.5, 0.6) is 17.2 Å². The van der Waals surface area contributed by atoms with Crippen molar-refractivity contribution in [2.45, 2.75) is 27.1 Å². The van der Waals surface area contributed by atoms with Gasteiger partial charge in [0.25, 0.3) is 0 Å². The Morgan fingerprint density at radius 1 is 1.03 bits per heavy atom. The molecule has 0 radical (unpaired) electrons. The zero-order chi connectivity index (χ0) is 24.0. The van der Waals surface area contributed by atoms with Gasteiger partial charge in [0.1, 0.15) is 23.9 Å². The summed E-state index contributed by atoms with van der Waals surface area (Å²) >= 11 is 6.22. The van der Waals surface area contributed by atoms with Gasteiger partial charge < -0.3 is 14.2 Å². The molecule has 0 N–H and O–H groups in total. The third kappa shape index (κ3) is 6.56. The maximum absolute atomic E-state index is 12.5. The minimum Gasteiger partial charge on any atom is -0.496 e. The minimum atomic E-state index is -2.95. The minimum absolute atomic E-state index is 0.0687. The number of alkyl halides is 2. The second kappa shape index (κ2) is 11.0. The van der Waals surface area contributed by atoms with E-state index in [1.54, 1.807) is 25.3 Å². The first-order valence-electron chi connectivity index (χ1n) is 10.1. The molecule has 0 aliphatic rings. The molecule has 0 unspecified atom stereocenters. The first-order chi connectivity index (χ1) is 15.8. The monoisotopic (exact) mass is 472 g/mol. The molecule has 0 saturated carbocycles. The number of hydrogen-bond acceptors (Lipinski definition) is 4. The maximum atomic E-state index is 12.5. The molecule has 7 heteroatoms. The molecule has 0 fully saturated rings. The molecular formula is C26H23ClF2O4. The van der Waals surface area contributed by atoms with Gasteiger partial charge in [0.15, 0.2) is 5.78 Å². The first kappa shape index (κ1) is 24.3. The number of methoxy groups -OCH3 is 1. The number of ketones is 1. The fraction of sp³-hybridized carbons (Fsp3) is 0.192. The Bertz CT molecular complexity index is 1150. The smallest absolute Gasteiger partial charge is 0.387 e. The molecule has 0 spiro atoms. The summed E-state index contributed by atoms with van der Waals surface area (Å²) in [5.74, 6) is 0.937. The van der Waals surface area contributed by atoms with Gasteiger partial charge in [-0.05, 0) is 73.0 Å². The van der Waals surface area contributed by atoms with E-state index in [2.05, 4.69) is 4.74 Å². The van der Waals surface area contributed by atoms with Crippen LogP contribution in [0.4, 0.5) is 8.78 Å². The van der Waals surface area contributed by atoms with E-state index in [-0.39, 0.29) is 23.7 Å². The molecule has 3 aromatic rings. The summed E-state index contributed by atoms with van der Waals surface area (Å²) in [6, 6.07) is 14.9. The Morgan fingerprint density at radius 2 is 1.76 bits per heavy atom. The molecule has 0 heterocycles. The van der Waals surface area contributed by atoms with E-state index in [0.717, 1.165) is 22.3 Å². The van der Waals surface area contributed by atoms with Crippen molar-refractivity contribution in [3.8, 4) is 17.2 Å². The lowest BCUT2D eigenvalue weighted by atomic mass is 10.1. The van der Waals surface area contributed by atoms with Crippen molar-refractivity contribution < 1.29 is 27.8 Å². The fourth-order valence-corrected chi connectivity index (χ4v) is 3.37. The number of benzene rings is 3. The van der Waals surface area contributed by atoms with Gasteiger partial charge in [-0.2, -0.15) is 8.78 Å². The van der Waals surface area contributed by atoms with E-state index in [4.69, 9.17) is 21.1 Å². The van der Waals surface area contributed by atoms with Crippen LogP contribution in [0.1, 0.15) is 32.6 Å². The third-order valence-corrected chi connectivity index (χ3v) is 5.48. The number of halogens is 3. The van der Waals surface area contributed by atoms with Crippen molar-refractivity contribution in [2.24, 2.45) is 0 Å². The van der Waals surface area contributed by atoms with Crippen molar-refractivity contribution in [2.75, 3.05) is 7.11 Å². The molecule has 0 bridgehead atoms. The Labute approximate surface area is 196 Å². The predicted octanol–water partition coefficient (Wildman–Crippen LogP) is 7.04. The number of carbonyl (C=O) groups excluding carboxylic acids is 1. The predicted molar refractivity (Wildman–Crippen MR) is 125 cm³/mol. The zero-order valence-corrected chi connectivity index (χ0v) is 19.2. The topological polar surface area (TPSA) is 44.8 Å². The Balaban J connectivity index is 1.75. The van der Waals surface area contributed by atoms with Crippen molar-refractivity contribution in [1.82, 2.24) is 0 Å². The van der Waals surface area contributed by atoms with Crippen LogP contribution in [0.3, 0.4) is 0 Å². The average Bonchev–Trinajstić information content (AvgIpc) is 2.79. The fourth-order valence-electron chi connectivity index (χ4n) is 3.26. The van der Waals surface area contributed by atoms with Crippen molar-refractivity contribution >= 4 is 23.5 Å². The van der Waals surface area contributed by atoms with Crippen LogP contribution >= 0.6 is 11.6 Å². The molecule has 0 saturated heterocycles. The number of allylic oxidation sites excluding steroid dienone is 1. The Hall–Kier alpha value is -3.38. The summed E-state index contributed by atoms with van der Waals surface area (Å²) in [5.41, 5.74) is 3.65. The van der Waals surface area contributed by atoms with E-state index >= 15 is 0 Å². The van der Waals surface area contributed by atoms with E-state index in [9.17, 15) is 13.6 Å². The molecule has 172 valence electrons. The maximum Gasteiger partial charge on any atom is 0.387 e. The summed E-state index contributed by atoms with van der Waals surface area (Å²) in [6.07, 6.45) is 3.02. The van der Waals surface area contributed by atoms with Crippen molar-refractivity contribution in [1.29, 1.82) is 0 Å². The van der Waals surface area contributed by atoms with Gasteiger partial charge in [-0.1, -0.05) is 35.9 Å². The molecule has 3 aromatic carbocycles. The number of aryl methyl sites for hydroxylation is 2. The van der Waals surface area contributed by atoms with Gasteiger partial charge in [-0.25, -0.2) is 0 Å². The van der Waals surface area contributed by atoms with Gasteiger partial charge in [0, 0.05) is 16.1 Å². The van der Waals surface area contributed by atoms with Crippen LogP contribution in [-0.2, 0) is 6.61 Å². The number of ether oxygens (including phenoxy) is 3. The molecule has 3 rings (SSSR count). The standard InChI is InChI=1S/C26H23ClF2O4/c1-16-11-22(12-17(2)25(16)27)32-15-20-13-18(8-10-24(20)31-3)7-9-23(30)19-5-4-6-21(14-19)33-26(28)29/h4-14,26H,15H2,1-3H3/b9-7+. The van der Waals surface area contributed by atoms with Gasteiger partial charge in [0.2, 0.25) is 0 Å². The number of rotatable bonds is 9. The Morgan fingerprint density at radius 3 is 2.42 bits per heavy atom. The largest absolute Gasteiger partial charge is 0.496 e. The normalized spacial score (nSPS) is 11.1. The quantitative estimate of drug-likeness (QED) is 0.247. The lowest BCUT2D eigenvalue weighted by Crippen LogP contribution is -2.03. The highest BCUT2D eigenvalue weighted by molar-refractivity contribution is 6.32. The molecule has 0 amide bonds. The van der Waals surface area contributed by atoms with Crippen LogP contribution in [0.15, 0.2) is 60.7 Å². The highest BCUT2D eigenvalue weighted by atomic mass is 35.5. The summed E-state index contributed by atoms with van der Waals surface area (Å²) in [7, 11) is 1.57.